The van der Waals surface area contributed by atoms with Crippen LogP contribution in [0.1, 0.15) is 35.9 Å². The third kappa shape index (κ3) is 4.14. The van der Waals surface area contributed by atoms with Crippen LogP contribution < -0.4 is 24.4 Å². The minimum Gasteiger partial charge on any atom is -0.497 e. The highest BCUT2D eigenvalue weighted by Gasteiger charge is 2.35. The van der Waals surface area contributed by atoms with E-state index < -0.39 is 12.0 Å². The number of ether oxygens (including phenoxy) is 3. The van der Waals surface area contributed by atoms with Crippen LogP contribution in [-0.2, 0) is 9.53 Å². The fourth-order valence-corrected chi connectivity index (χ4v) is 5.75. The van der Waals surface area contributed by atoms with Gasteiger partial charge in [-0.3, -0.25) is 9.36 Å². The molecule has 0 fully saturated rings. The van der Waals surface area contributed by atoms with Gasteiger partial charge in [0.1, 0.15) is 17.5 Å². The topological polar surface area (TPSA) is 79.1 Å². The molecule has 0 amide bonds. The molecular formula is C24H24N2O5S2. The maximum Gasteiger partial charge on any atom is 0.338 e. The molecule has 1 aliphatic rings. The molecule has 2 aromatic heterocycles. The summed E-state index contributed by atoms with van der Waals surface area (Å²) in [5, 5.41) is 1.99. The van der Waals surface area contributed by atoms with E-state index in [0.717, 1.165) is 10.4 Å². The average Bonchev–Trinajstić information content (AvgIpc) is 3.34. The van der Waals surface area contributed by atoms with E-state index in [1.54, 1.807) is 62.2 Å². The van der Waals surface area contributed by atoms with Gasteiger partial charge in [0.25, 0.3) is 5.56 Å². The van der Waals surface area contributed by atoms with E-state index in [4.69, 9.17) is 14.2 Å². The van der Waals surface area contributed by atoms with E-state index in [1.807, 2.05) is 24.4 Å². The van der Waals surface area contributed by atoms with Crippen molar-refractivity contribution in [3.05, 3.63) is 76.6 Å². The number of thiophene rings is 1. The summed E-state index contributed by atoms with van der Waals surface area (Å²) in [6, 6.07) is 6.56. The second-order valence-corrected chi connectivity index (χ2v) is 9.33. The summed E-state index contributed by atoms with van der Waals surface area (Å²) in [5.74, 6) is 0.595. The molecule has 1 aromatic carbocycles. The van der Waals surface area contributed by atoms with Gasteiger partial charge in [0, 0.05) is 10.4 Å². The van der Waals surface area contributed by atoms with E-state index in [1.165, 1.54) is 11.3 Å². The number of fused-ring (bicyclic) bond motifs is 1. The third-order valence-electron chi connectivity index (χ3n) is 5.41. The highest BCUT2D eigenvalue weighted by molar-refractivity contribution is 7.11. The number of rotatable bonds is 6. The number of hydrogen-bond acceptors (Lipinski definition) is 8. The fraction of sp³-hybridized carbons (Fsp3) is 0.292. The maximum absolute atomic E-state index is 13.7. The summed E-state index contributed by atoms with van der Waals surface area (Å²) in [7, 11) is 3.11. The lowest BCUT2D eigenvalue weighted by Crippen LogP contribution is -2.40. The minimum atomic E-state index is -0.767. The SMILES string of the molecule is CCOC(=O)C1=C(C)N=c2s/c(=C\c3sccc3C)c(=O)n2[C@@H]1c1cc(OC)ccc1OC. The lowest BCUT2D eigenvalue weighted by Gasteiger charge is -2.26. The first-order valence-corrected chi connectivity index (χ1v) is 12.0. The van der Waals surface area contributed by atoms with Crippen LogP contribution in [-0.4, -0.2) is 31.4 Å². The zero-order chi connectivity index (χ0) is 23.7. The van der Waals surface area contributed by atoms with Crippen LogP contribution in [0.15, 0.2) is 50.7 Å². The van der Waals surface area contributed by atoms with E-state index in [2.05, 4.69) is 4.99 Å². The van der Waals surface area contributed by atoms with Crippen LogP contribution in [0.3, 0.4) is 0 Å². The van der Waals surface area contributed by atoms with Crippen molar-refractivity contribution in [3.8, 4) is 11.5 Å². The summed E-state index contributed by atoms with van der Waals surface area (Å²) in [4.78, 5) is 32.8. The number of benzene rings is 1. The van der Waals surface area contributed by atoms with E-state index in [-0.39, 0.29) is 12.2 Å². The van der Waals surface area contributed by atoms with Crippen LogP contribution in [0.25, 0.3) is 6.08 Å². The van der Waals surface area contributed by atoms with Crippen molar-refractivity contribution in [2.45, 2.75) is 26.8 Å². The van der Waals surface area contributed by atoms with E-state index in [0.29, 0.717) is 37.7 Å². The smallest absolute Gasteiger partial charge is 0.338 e. The van der Waals surface area contributed by atoms with Crippen LogP contribution in [0.5, 0.6) is 11.5 Å². The first-order chi connectivity index (χ1) is 15.9. The number of aryl methyl sites for hydroxylation is 1. The van der Waals surface area contributed by atoms with Gasteiger partial charge < -0.3 is 14.2 Å². The number of thiazole rings is 1. The van der Waals surface area contributed by atoms with Gasteiger partial charge in [-0.2, -0.15) is 0 Å². The number of carbonyl (C=O) groups is 1. The fourth-order valence-electron chi connectivity index (χ4n) is 3.79. The molecule has 1 aliphatic heterocycles. The number of hydrogen-bond donors (Lipinski definition) is 0. The first-order valence-electron chi connectivity index (χ1n) is 10.3. The van der Waals surface area contributed by atoms with E-state index >= 15 is 0 Å². The summed E-state index contributed by atoms with van der Waals surface area (Å²) in [6.07, 6.45) is 1.88. The Hall–Kier alpha value is -3.17. The summed E-state index contributed by atoms with van der Waals surface area (Å²) in [5.41, 5.74) is 2.29. The molecule has 0 unspecified atom stereocenters. The highest BCUT2D eigenvalue weighted by atomic mass is 32.1. The maximum atomic E-state index is 13.7. The number of esters is 1. The van der Waals surface area contributed by atoms with E-state index in [9.17, 15) is 9.59 Å². The molecule has 33 heavy (non-hydrogen) atoms. The van der Waals surface area contributed by atoms with Gasteiger partial charge in [-0.1, -0.05) is 11.3 Å². The summed E-state index contributed by atoms with van der Waals surface area (Å²) >= 11 is 2.87. The number of methoxy groups -OCH3 is 2. The predicted molar refractivity (Wildman–Crippen MR) is 129 cm³/mol. The quantitative estimate of drug-likeness (QED) is 0.502. The van der Waals surface area contributed by atoms with Crippen molar-refractivity contribution in [1.82, 2.24) is 4.57 Å². The molecule has 0 saturated carbocycles. The Kier molecular flexibility index (Phi) is 6.53. The molecule has 0 radical (unpaired) electrons. The Balaban J connectivity index is 2.03. The molecule has 0 spiro atoms. The van der Waals surface area contributed by atoms with Crippen molar-refractivity contribution in [1.29, 1.82) is 0 Å². The monoisotopic (exact) mass is 484 g/mol. The Labute approximate surface area is 198 Å². The van der Waals surface area contributed by atoms with Gasteiger partial charge in [-0.15, -0.1) is 11.3 Å². The molecule has 0 saturated heterocycles. The standard InChI is InChI=1S/C24H24N2O5S2/c1-6-31-23(28)20-14(3)25-24-26(21(20)16-11-15(29-4)7-8-17(16)30-5)22(27)19(33-24)12-18-13(2)9-10-32-18/h7-12,21H,6H2,1-5H3/b19-12-/t21-/m1/s1. The van der Waals surface area contributed by atoms with Crippen LogP contribution in [0, 0.1) is 6.92 Å². The Morgan fingerprint density at radius 2 is 2.00 bits per heavy atom. The Bertz CT molecular complexity index is 1430. The van der Waals surface area contributed by atoms with Gasteiger partial charge in [-0.05, 0) is 62.1 Å². The van der Waals surface area contributed by atoms with Crippen molar-refractivity contribution in [2.24, 2.45) is 4.99 Å². The first kappa shape index (κ1) is 23.0. The Morgan fingerprint density at radius 3 is 2.64 bits per heavy atom. The molecule has 172 valence electrons. The zero-order valence-electron chi connectivity index (χ0n) is 19.0. The van der Waals surface area contributed by atoms with Gasteiger partial charge in [0.05, 0.1) is 36.6 Å². The molecule has 3 heterocycles. The molecule has 1 atom stereocenters. The van der Waals surface area contributed by atoms with Crippen LogP contribution in [0.2, 0.25) is 0 Å². The Morgan fingerprint density at radius 1 is 1.21 bits per heavy atom. The van der Waals surface area contributed by atoms with Gasteiger partial charge in [-0.25, -0.2) is 9.79 Å². The number of allylic oxidation sites excluding steroid dienone is 1. The summed E-state index contributed by atoms with van der Waals surface area (Å²) < 4.78 is 18.5. The zero-order valence-corrected chi connectivity index (χ0v) is 20.6. The summed E-state index contributed by atoms with van der Waals surface area (Å²) in [6.45, 7) is 5.71. The normalized spacial score (nSPS) is 15.8. The molecule has 7 nitrogen and oxygen atoms in total. The van der Waals surface area contributed by atoms with Crippen LogP contribution >= 0.6 is 22.7 Å². The molecular weight excluding hydrogens is 460 g/mol. The minimum absolute atomic E-state index is 0.208. The third-order valence-corrected chi connectivity index (χ3v) is 7.36. The van der Waals surface area contributed by atoms with Crippen molar-refractivity contribution >= 4 is 34.7 Å². The molecule has 0 N–H and O–H groups in total. The average molecular weight is 485 g/mol. The van der Waals surface area contributed by atoms with Crippen LogP contribution in [0.4, 0.5) is 0 Å². The van der Waals surface area contributed by atoms with Gasteiger partial charge in [0.2, 0.25) is 0 Å². The number of nitrogens with zero attached hydrogens (tertiary/aromatic N) is 2. The largest absolute Gasteiger partial charge is 0.497 e. The van der Waals surface area contributed by atoms with Gasteiger partial charge in [0.15, 0.2) is 4.80 Å². The lowest BCUT2D eigenvalue weighted by molar-refractivity contribution is -0.139. The second kappa shape index (κ2) is 9.36. The molecule has 0 aliphatic carbocycles. The number of aromatic nitrogens is 1. The van der Waals surface area contributed by atoms with Crippen molar-refractivity contribution < 1.29 is 19.0 Å². The number of carbonyl (C=O) groups excluding carboxylic acids is 1. The molecule has 3 aromatic rings. The van der Waals surface area contributed by atoms with Gasteiger partial charge >= 0.3 is 5.97 Å². The molecule has 4 rings (SSSR count). The molecule has 0 bridgehead atoms. The second-order valence-electron chi connectivity index (χ2n) is 7.38. The highest BCUT2D eigenvalue weighted by Crippen LogP contribution is 2.37. The molecule has 9 heteroatoms. The lowest BCUT2D eigenvalue weighted by atomic mass is 9.95. The predicted octanol–water partition coefficient (Wildman–Crippen LogP) is 3.19. The van der Waals surface area contributed by atoms with Crippen molar-refractivity contribution in [2.75, 3.05) is 20.8 Å². The van der Waals surface area contributed by atoms with Crippen molar-refractivity contribution in [3.63, 3.8) is 0 Å².